The van der Waals surface area contributed by atoms with Gasteiger partial charge >= 0.3 is 6.03 Å². The van der Waals surface area contributed by atoms with Crippen molar-refractivity contribution in [3.63, 3.8) is 0 Å². The topological polar surface area (TPSA) is 50.8 Å². The minimum Gasteiger partial charge on any atom is -0.378 e. The normalized spacial score (nSPS) is 33.1. The third-order valence-corrected chi connectivity index (χ3v) is 3.45. The smallest absolute Gasteiger partial charge is 0.318 e. The first-order valence-corrected chi connectivity index (χ1v) is 6.47. The molecule has 0 bridgehead atoms. The van der Waals surface area contributed by atoms with Crippen LogP contribution in [0.2, 0.25) is 0 Å². The number of hydrogen-bond donors (Lipinski definition) is 1. The van der Waals surface area contributed by atoms with E-state index in [-0.39, 0.29) is 18.1 Å². The van der Waals surface area contributed by atoms with Gasteiger partial charge in [-0.3, -0.25) is 0 Å². The number of nitrogens with one attached hydrogen (secondary N) is 1. The fourth-order valence-electron chi connectivity index (χ4n) is 2.34. The van der Waals surface area contributed by atoms with Crippen LogP contribution < -0.4 is 5.32 Å². The highest BCUT2D eigenvalue weighted by atomic mass is 16.5. The van der Waals surface area contributed by atoms with Crippen molar-refractivity contribution in [1.29, 1.82) is 0 Å². The molecule has 5 nitrogen and oxygen atoms in total. The van der Waals surface area contributed by atoms with Gasteiger partial charge in [0.1, 0.15) is 0 Å². The van der Waals surface area contributed by atoms with E-state index < -0.39 is 0 Å². The lowest BCUT2D eigenvalue weighted by Gasteiger charge is -2.39. The van der Waals surface area contributed by atoms with E-state index in [9.17, 15) is 4.79 Å². The minimum absolute atomic E-state index is 0.0424. The molecular formula is C12H22N2O3. The zero-order valence-electron chi connectivity index (χ0n) is 10.6. The van der Waals surface area contributed by atoms with Gasteiger partial charge in [0, 0.05) is 19.2 Å². The molecule has 0 aromatic carbocycles. The first kappa shape index (κ1) is 12.6. The molecule has 1 N–H and O–H groups in total. The Morgan fingerprint density at radius 3 is 2.94 bits per heavy atom. The van der Waals surface area contributed by atoms with E-state index in [4.69, 9.17) is 9.47 Å². The Morgan fingerprint density at radius 2 is 2.29 bits per heavy atom. The van der Waals surface area contributed by atoms with Crippen LogP contribution in [-0.2, 0) is 9.47 Å². The lowest BCUT2D eigenvalue weighted by atomic mass is 9.89. The van der Waals surface area contributed by atoms with Crippen LogP contribution in [0.1, 0.15) is 26.7 Å². The molecule has 5 heteroatoms. The van der Waals surface area contributed by atoms with Crippen LogP contribution in [0.25, 0.3) is 0 Å². The highest BCUT2D eigenvalue weighted by Gasteiger charge is 2.33. The van der Waals surface area contributed by atoms with Gasteiger partial charge in [-0.25, -0.2) is 4.79 Å². The van der Waals surface area contributed by atoms with Gasteiger partial charge in [0.15, 0.2) is 0 Å². The lowest BCUT2D eigenvalue weighted by molar-refractivity contribution is -0.0126. The molecule has 2 rings (SSSR count). The Morgan fingerprint density at radius 1 is 1.53 bits per heavy atom. The van der Waals surface area contributed by atoms with Crippen molar-refractivity contribution in [2.75, 3.05) is 26.4 Å². The fourth-order valence-corrected chi connectivity index (χ4v) is 2.34. The second kappa shape index (κ2) is 5.69. The number of carbonyl (C=O) groups is 1. The van der Waals surface area contributed by atoms with Crippen molar-refractivity contribution < 1.29 is 14.3 Å². The van der Waals surface area contributed by atoms with Gasteiger partial charge in [-0.05, 0) is 26.7 Å². The molecule has 17 heavy (non-hydrogen) atoms. The van der Waals surface area contributed by atoms with E-state index in [0.29, 0.717) is 25.9 Å². The minimum atomic E-state index is 0.0424. The first-order valence-electron chi connectivity index (χ1n) is 6.47. The molecule has 0 aromatic heterocycles. The Hall–Kier alpha value is -0.810. The summed E-state index contributed by atoms with van der Waals surface area (Å²) in [4.78, 5) is 13.9. The Balaban J connectivity index is 1.71. The maximum Gasteiger partial charge on any atom is 0.318 e. The van der Waals surface area contributed by atoms with Gasteiger partial charge in [-0.1, -0.05) is 0 Å². The fraction of sp³-hybridized carbons (Fsp3) is 0.917. The zero-order valence-corrected chi connectivity index (χ0v) is 10.6. The summed E-state index contributed by atoms with van der Waals surface area (Å²) in [5.41, 5.74) is 0. The third kappa shape index (κ3) is 3.10. The summed E-state index contributed by atoms with van der Waals surface area (Å²) in [6.07, 6.45) is 2.23. The van der Waals surface area contributed by atoms with Gasteiger partial charge in [0.2, 0.25) is 0 Å². The molecule has 1 aliphatic carbocycles. The summed E-state index contributed by atoms with van der Waals surface area (Å²) in [5, 5.41) is 3.06. The summed E-state index contributed by atoms with van der Waals surface area (Å²) in [6, 6.07) is 0.501. The third-order valence-electron chi connectivity index (χ3n) is 3.45. The number of urea groups is 1. The molecule has 1 saturated heterocycles. The second-order valence-corrected chi connectivity index (χ2v) is 4.81. The molecule has 1 aliphatic heterocycles. The average Bonchev–Trinajstić information content (AvgIpc) is 2.26. The number of morpholine rings is 1. The van der Waals surface area contributed by atoms with Crippen LogP contribution in [0.4, 0.5) is 4.79 Å². The van der Waals surface area contributed by atoms with Gasteiger partial charge < -0.3 is 19.7 Å². The summed E-state index contributed by atoms with van der Waals surface area (Å²) >= 11 is 0. The highest BCUT2D eigenvalue weighted by molar-refractivity contribution is 5.75. The average molecular weight is 242 g/mol. The van der Waals surface area contributed by atoms with Crippen LogP contribution in [0.3, 0.4) is 0 Å². The predicted molar refractivity (Wildman–Crippen MR) is 64.0 cm³/mol. The largest absolute Gasteiger partial charge is 0.378 e. The number of carbonyl (C=O) groups excluding carboxylic acids is 1. The van der Waals surface area contributed by atoms with E-state index in [1.807, 2.05) is 18.7 Å². The SMILES string of the molecule is CCOC1CC(NC(=O)N2CCOC[C@@H]2C)C1. The van der Waals surface area contributed by atoms with Crippen molar-refractivity contribution in [3.8, 4) is 0 Å². The van der Waals surface area contributed by atoms with Gasteiger partial charge in [0.25, 0.3) is 0 Å². The number of ether oxygens (including phenoxy) is 2. The number of hydrogen-bond acceptors (Lipinski definition) is 3. The van der Waals surface area contributed by atoms with Crippen LogP contribution in [0, 0.1) is 0 Å². The van der Waals surface area contributed by atoms with E-state index >= 15 is 0 Å². The van der Waals surface area contributed by atoms with Crippen molar-refractivity contribution in [2.45, 2.75) is 44.9 Å². The number of nitrogens with zero attached hydrogens (tertiary/aromatic N) is 1. The first-order chi connectivity index (χ1) is 8.20. The summed E-state index contributed by atoms with van der Waals surface area (Å²) in [6.45, 7) is 6.74. The molecule has 0 spiro atoms. The summed E-state index contributed by atoms with van der Waals surface area (Å²) in [5.74, 6) is 0. The highest BCUT2D eigenvalue weighted by Crippen LogP contribution is 2.23. The molecule has 2 fully saturated rings. The zero-order chi connectivity index (χ0) is 12.3. The van der Waals surface area contributed by atoms with Crippen LogP contribution in [0.5, 0.6) is 0 Å². The number of amides is 2. The molecule has 2 amide bonds. The second-order valence-electron chi connectivity index (χ2n) is 4.81. The maximum absolute atomic E-state index is 12.0. The van der Waals surface area contributed by atoms with Crippen molar-refractivity contribution in [3.05, 3.63) is 0 Å². The van der Waals surface area contributed by atoms with Crippen molar-refractivity contribution >= 4 is 6.03 Å². The summed E-state index contributed by atoms with van der Waals surface area (Å²) < 4.78 is 10.8. The standard InChI is InChI=1S/C12H22N2O3/c1-3-17-11-6-10(7-11)13-12(15)14-4-5-16-8-9(14)2/h9-11H,3-8H2,1-2H3,(H,13,15)/t9-,10?,11?/m0/s1. The van der Waals surface area contributed by atoms with E-state index in [2.05, 4.69) is 5.32 Å². The van der Waals surface area contributed by atoms with Crippen LogP contribution >= 0.6 is 0 Å². The maximum atomic E-state index is 12.0. The van der Waals surface area contributed by atoms with Crippen LogP contribution in [0.15, 0.2) is 0 Å². The Labute approximate surface area is 102 Å². The molecule has 1 heterocycles. The van der Waals surface area contributed by atoms with Crippen LogP contribution in [-0.4, -0.2) is 55.5 Å². The molecule has 0 radical (unpaired) electrons. The van der Waals surface area contributed by atoms with E-state index in [0.717, 1.165) is 19.4 Å². The summed E-state index contributed by atoms with van der Waals surface area (Å²) in [7, 11) is 0. The predicted octanol–water partition coefficient (Wildman–Crippen LogP) is 0.984. The lowest BCUT2D eigenvalue weighted by Crippen LogP contribution is -2.56. The monoisotopic (exact) mass is 242 g/mol. The van der Waals surface area contributed by atoms with Gasteiger partial charge in [-0.2, -0.15) is 0 Å². The van der Waals surface area contributed by atoms with Crippen molar-refractivity contribution in [2.24, 2.45) is 0 Å². The van der Waals surface area contributed by atoms with Gasteiger partial charge in [-0.15, -0.1) is 0 Å². The number of rotatable bonds is 3. The molecule has 0 aromatic rings. The molecule has 1 saturated carbocycles. The molecule has 2 aliphatic rings. The molecular weight excluding hydrogens is 220 g/mol. The molecule has 98 valence electrons. The van der Waals surface area contributed by atoms with Gasteiger partial charge in [0.05, 0.1) is 25.4 Å². The van der Waals surface area contributed by atoms with E-state index in [1.54, 1.807) is 0 Å². The van der Waals surface area contributed by atoms with E-state index in [1.165, 1.54) is 0 Å². The van der Waals surface area contributed by atoms with Crippen molar-refractivity contribution in [1.82, 2.24) is 10.2 Å². The molecule has 0 unspecified atom stereocenters. The Bertz CT molecular complexity index is 266. The quantitative estimate of drug-likeness (QED) is 0.802. The Kier molecular flexibility index (Phi) is 4.23. The molecule has 1 atom stereocenters.